The quantitative estimate of drug-likeness (QED) is 0.630. The van der Waals surface area contributed by atoms with Crippen LogP contribution in [0.1, 0.15) is 55.8 Å². The number of ether oxygens (including phenoxy) is 2. The van der Waals surface area contributed by atoms with Gasteiger partial charge in [0.2, 0.25) is 11.8 Å². The molecule has 38 heavy (non-hydrogen) atoms. The minimum absolute atomic E-state index is 0.0378. The van der Waals surface area contributed by atoms with E-state index in [0.717, 1.165) is 43.7 Å². The molecule has 2 fully saturated rings. The predicted molar refractivity (Wildman–Crippen MR) is 141 cm³/mol. The lowest BCUT2D eigenvalue weighted by Crippen LogP contribution is -2.43. The molecular formula is C28H37N5O5. The van der Waals surface area contributed by atoms with Crippen molar-refractivity contribution in [3.8, 4) is 11.5 Å². The number of nitrogens with one attached hydrogen (secondary N) is 2. The summed E-state index contributed by atoms with van der Waals surface area (Å²) < 4.78 is 11.7. The number of amides is 2. The second-order valence-electron chi connectivity index (χ2n) is 10.5. The molecule has 0 unspecified atom stereocenters. The number of rotatable bonds is 4. The number of hydrogen-bond donors (Lipinski definition) is 2. The minimum Gasteiger partial charge on any atom is -0.493 e. The Morgan fingerprint density at radius 2 is 2.05 bits per heavy atom. The molecule has 10 nitrogen and oxygen atoms in total. The van der Waals surface area contributed by atoms with Crippen LogP contribution in [0.3, 0.4) is 0 Å². The van der Waals surface area contributed by atoms with Gasteiger partial charge in [0.15, 0.2) is 11.5 Å². The maximum atomic E-state index is 13.1. The normalized spacial score (nSPS) is 24.4. The lowest BCUT2D eigenvalue weighted by Gasteiger charge is -2.25. The van der Waals surface area contributed by atoms with E-state index in [-0.39, 0.29) is 30.3 Å². The van der Waals surface area contributed by atoms with E-state index < -0.39 is 0 Å². The molecule has 3 aliphatic heterocycles. The number of carbonyl (C=O) groups is 2. The summed E-state index contributed by atoms with van der Waals surface area (Å²) >= 11 is 0. The van der Waals surface area contributed by atoms with Gasteiger partial charge in [0, 0.05) is 44.1 Å². The van der Waals surface area contributed by atoms with E-state index in [1.54, 1.807) is 18.1 Å². The van der Waals surface area contributed by atoms with Crippen LogP contribution >= 0.6 is 0 Å². The summed E-state index contributed by atoms with van der Waals surface area (Å²) in [5, 5.41) is 9.52. The largest absolute Gasteiger partial charge is 0.493 e. The van der Waals surface area contributed by atoms with Crippen LogP contribution in [0, 0.1) is 5.92 Å². The van der Waals surface area contributed by atoms with Gasteiger partial charge < -0.3 is 19.7 Å². The zero-order valence-corrected chi connectivity index (χ0v) is 22.0. The van der Waals surface area contributed by atoms with Crippen molar-refractivity contribution in [2.75, 3.05) is 39.9 Å². The summed E-state index contributed by atoms with van der Waals surface area (Å²) in [5.74, 6) is 1.62. The Hall–Kier alpha value is -3.40. The van der Waals surface area contributed by atoms with Crippen LogP contribution in [0.2, 0.25) is 0 Å². The maximum Gasteiger partial charge on any atom is 0.264 e. The molecular weight excluding hydrogens is 486 g/mol. The highest BCUT2D eigenvalue weighted by atomic mass is 16.5. The topological polar surface area (TPSA) is 117 Å². The summed E-state index contributed by atoms with van der Waals surface area (Å²) in [6.45, 7) is 2.67. The van der Waals surface area contributed by atoms with Crippen molar-refractivity contribution >= 4 is 11.8 Å². The monoisotopic (exact) mass is 523 g/mol. The van der Waals surface area contributed by atoms with Gasteiger partial charge in [-0.05, 0) is 68.3 Å². The van der Waals surface area contributed by atoms with Crippen molar-refractivity contribution < 1.29 is 19.1 Å². The number of benzene rings is 1. The van der Waals surface area contributed by atoms with E-state index in [1.165, 1.54) is 11.6 Å². The first-order valence-corrected chi connectivity index (χ1v) is 13.7. The van der Waals surface area contributed by atoms with Crippen LogP contribution in [0.4, 0.5) is 0 Å². The number of aromatic amines is 1. The van der Waals surface area contributed by atoms with E-state index in [4.69, 9.17) is 9.47 Å². The molecule has 2 aromatic rings. The fourth-order valence-electron chi connectivity index (χ4n) is 6.11. The van der Waals surface area contributed by atoms with Crippen LogP contribution in [-0.4, -0.2) is 77.7 Å². The van der Waals surface area contributed by atoms with Crippen LogP contribution in [0.25, 0.3) is 0 Å². The zero-order valence-electron chi connectivity index (χ0n) is 22.0. The molecule has 5 rings (SSSR count). The van der Waals surface area contributed by atoms with E-state index >= 15 is 0 Å². The zero-order chi connectivity index (χ0) is 26.5. The first-order valence-electron chi connectivity index (χ1n) is 13.7. The summed E-state index contributed by atoms with van der Waals surface area (Å²) in [6, 6.07) is 10.0. The molecule has 0 aliphatic carbocycles. The molecule has 3 atom stereocenters. The van der Waals surface area contributed by atoms with Crippen molar-refractivity contribution in [3.05, 3.63) is 51.9 Å². The van der Waals surface area contributed by atoms with Crippen molar-refractivity contribution in [1.82, 2.24) is 25.3 Å². The summed E-state index contributed by atoms with van der Waals surface area (Å²) in [7, 11) is 1.66. The molecule has 2 N–H and O–H groups in total. The Labute approximate surface area is 222 Å². The second kappa shape index (κ2) is 12.0. The SMILES string of the molecule is COc1ccc2cc1OCCCCN(C(=O)CCc1ccc(=O)[nH]n1)CC(=O)NC[C@H]1C[C@H]2N2CCC[C@@H]12. The van der Waals surface area contributed by atoms with Crippen molar-refractivity contribution in [3.63, 3.8) is 0 Å². The highest BCUT2D eigenvalue weighted by Gasteiger charge is 2.44. The highest BCUT2D eigenvalue weighted by Crippen LogP contribution is 2.46. The van der Waals surface area contributed by atoms with Crippen LogP contribution in [-0.2, 0) is 16.0 Å². The second-order valence-corrected chi connectivity index (χ2v) is 10.5. The van der Waals surface area contributed by atoms with E-state index in [2.05, 4.69) is 32.5 Å². The molecule has 4 heterocycles. The number of aryl methyl sites for hydroxylation is 1. The summed E-state index contributed by atoms with van der Waals surface area (Å²) in [4.78, 5) is 41.5. The lowest BCUT2D eigenvalue weighted by atomic mass is 9.94. The van der Waals surface area contributed by atoms with Crippen molar-refractivity contribution in [1.29, 1.82) is 0 Å². The van der Waals surface area contributed by atoms with Gasteiger partial charge in [-0.2, -0.15) is 5.10 Å². The van der Waals surface area contributed by atoms with Crippen LogP contribution < -0.4 is 20.3 Å². The first-order chi connectivity index (χ1) is 18.5. The fraction of sp³-hybridized carbons (Fsp3) is 0.571. The molecule has 2 saturated heterocycles. The summed E-state index contributed by atoms with van der Waals surface area (Å²) in [5.41, 5.74) is 1.60. The smallest absolute Gasteiger partial charge is 0.264 e. The number of hydrogen-bond acceptors (Lipinski definition) is 7. The number of aromatic nitrogens is 2. The Kier molecular flexibility index (Phi) is 8.26. The molecule has 10 heteroatoms. The van der Waals surface area contributed by atoms with Crippen LogP contribution in [0.5, 0.6) is 11.5 Å². The van der Waals surface area contributed by atoms with Crippen molar-refractivity contribution in [2.24, 2.45) is 5.92 Å². The number of nitrogens with zero attached hydrogens (tertiary/aromatic N) is 3. The minimum atomic E-state index is -0.279. The van der Waals surface area contributed by atoms with Crippen molar-refractivity contribution in [2.45, 2.75) is 57.0 Å². The molecule has 1 aromatic heterocycles. The molecule has 1 aromatic carbocycles. The highest BCUT2D eigenvalue weighted by molar-refractivity contribution is 5.84. The van der Waals surface area contributed by atoms with Gasteiger partial charge in [0.1, 0.15) is 0 Å². The predicted octanol–water partition coefficient (Wildman–Crippen LogP) is 2.05. The average Bonchev–Trinajstić information content (AvgIpc) is 3.53. The first kappa shape index (κ1) is 26.2. The Morgan fingerprint density at radius 3 is 2.87 bits per heavy atom. The molecule has 204 valence electrons. The van der Waals surface area contributed by atoms with Gasteiger partial charge >= 0.3 is 0 Å². The standard InChI is InChI=1S/C28H37N5O5/c1-37-24-9-6-19-16-25(24)38-14-3-2-12-32(28(36)11-8-21-7-10-26(34)31-30-21)18-27(35)29-17-20-15-23(19)33-13-4-5-22(20)33/h6-7,9-10,16,20,22-23H,2-5,8,11-15,17-18H2,1H3,(H,29,35)(H,31,34)/t20-,22+,23-/m1/s1. The molecule has 0 saturated carbocycles. The maximum absolute atomic E-state index is 13.1. The Balaban J connectivity index is 1.30. The molecule has 3 aliphatic rings. The molecule has 0 radical (unpaired) electrons. The third-order valence-electron chi connectivity index (χ3n) is 8.05. The Morgan fingerprint density at radius 1 is 1.16 bits per heavy atom. The third kappa shape index (κ3) is 6.01. The van der Waals surface area contributed by atoms with Gasteiger partial charge in [-0.3, -0.25) is 19.3 Å². The average molecular weight is 524 g/mol. The lowest BCUT2D eigenvalue weighted by molar-refractivity contribution is -0.136. The van der Waals surface area contributed by atoms with E-state index in [0.29, 0.717) is 56.2 Å². The number of H-pyrrole nitrogens is 1. The van der Waals surface area contributed by atoms with Gasteiger partial charge in [0.25, 0.3) is 5.56 Å². The number of methoxy groups -OCH3 is 1. The third-order valence-corrected chi connectivity index (χ3v) is 8.05. The van der Waals surface area contributed by atoms with Gasteiger partial charge in [-0.25, -0.2) is 5.10 Å². The molecule has 0 spiro atoms. The van der Waals surface area contributed by atoms with Gasteiger partial charge in [-0.15, -0.1) is 0 Å². The summed E-state index contributed by atoms with van der Waals surface area (Å²) in [6.07, 6.45) is 5.34. The van der Waals surface area contributed by atoms with Gasteiger partial charge in [-0.1, -0.05) is 6.07 Å². The fourth-order valence-corrected chi connectivity index (χ4v) is 6.11. The van der Waals surface area contributed by atoms with E-state index in [1.807, 2.05) is 6.07 Å². The molecule has 4 bridgehead atoms. The number of carbonyl (C=O) groups excluding carboxylic acids is 2. The van der Waals surface area contributed by atoms with E-state index in [9.17, 15) is 14.4 Å². The van der Waals surface area contributed by atoms with Crippen LogP contribution in [0.15, 0.2) is 35.1 Å². The Bertz CT molecular complexity index is 1180. The molecule has 2 amide bonds. The van der Waals surface area contributed by atoms with Gasteiger partial charge in [0.05, 0.1) is 26.0 Å². The number of fused-ring (bicyclic) bond motifs is 8.